The van der Waals surface area contributed by atoms with Crippen LogP contribution in [0.2, 0.25) is 0 Å². The standard InChI is InChI=1S/C24H20FN3O5S/c1-14(29)26-20-7-8-23(17-6-3-2-5-16(17)20)34(31,32)27-24(30)22-13-18-19(25)11-15(12-21(18)33-22)28-9-4-10-28/h2-3,5-8,11-13H,4,9-10H2,1H3,(H,26,29)(H,27,30). The maximum absolute atomic E-state index is 14.6. The van der Waals surface area contributed by atoms with Crippen molar-refractivity contribution in [2.45, 2.75) is 18.2 Å². The van der Waals surface area contributed by atoms with Gasteiger partial charge >= 0.3 is 5.91 Å². The van der Waals surface area contributed by atoms with Gasteiger partial charge in [-0.2, -0.15) is 0 Å². The second kappa shape index (κ2) is 8.14. The molecule has 1 saturated heterocycles. The van der Waals surface area contributed by atoms with E-state index >= 15 is 0 Å². The van der Waals surface area contributed by atoms with E-state index in [1.165, 1.54) is 31.2 Å². The molecule has 8 nitrogen and oxygen atoms in total. The molecule has 10 heteroatoms. The van der Waals surface area contributed by atoms with Gasteiger partial charge in [0.2, 0.25) is 5.91 Å². The highest BCUT2D eigenvalue weighted by Gasteiger charge is 2.25. The van der Waals surface area contributed by atoms with Crippen molar-refractivity contribution in [3.8, 4) is 0 Å². The number of amides is 2. The zero-order chi connectivity index (χ0) is 24.0. The van der Waals surface area contributed by atoms with Crippen LogP contribution in [0.4, 0.5) is 15.8 Å². The van der Waals surface area contributed by atoms with Crippen molar-refractivity contribution in [3.05, 3.63) is 66.2 Å². The summed E-state index contributed by atoms with van der Waals surface area (Å²) < 4.78 is 48.3. The van der Waals surface area contributed by atoms with Crippen molar-refractivity contribution < 1.29 is 26.8 Å². The first-order valence-corrected chi connectivity index (χ1v) is 12.1. The fourth-order valence-corrected chi connectivity index (χ4v) is 5.15. The summed E-state index contributed by atoms with van der Waals surface area (Å²) in [6, 6.07) is 13.6. The van der Waals surface area contributed by atoms with E-state index in [1.54, 1.807) is 30.3 Å². The van der Waals surface area contributed by atoms with Crippen molar-refractivity contribution in [1.29, 1.82) is 0 Å². The number of nitrogens with one attached hydrogen (secondary N) is 2. The minimum atomic E-state index is -4.32. The van der Waals surface area contributed by atoms with Crippen LogP contribution in [0.3, 0.4) is 0 Å². The average molecular weight is 482 g/mol. The SMILES string of the molecule is CC(=O)Nc1ccc(S(=O)(=O)NC(=O)c2cc3c(F)cc(N4CCC4)cc3o2)c2ccccc12. The summed E-state index contributed by atoms with van der Waals surface area (Å²) >= 11 is 0. The molecule has 174 valence electrons. The Hall–Kier alpha value is -3.92. The monoisotopic (exact) mass is 481 g/mol. The molecule has 1 aliphatic heterocycles. The molecule has 3 aromatic carbocycles. The number of rotatable bonds is 5. The molecular formula is C24H20FN3O5S. The number of halogens is 1. The summed E-state index contributed by atoms with van der Waals surface area (Å²) in [6.45, 7) is 2.97. The number of carbonyl (C=O) groups is 2. The molecule has 0 spiro atoms. The van der Waals surface area contributed by atoms with Crippen molar-refractivity contribution in [2.75, 3.05) is 23.3 Å². The minimum Gasteiger partial charge on any atom is -0.451 e. The van der Waals surface area contributed by atoms with Gasteiger partial charge in [0, 0.05) is 54.3 Å². The smallest absolute Gasteiger partial charge is 0.300 e. The first kappa shape index (κ1) is 21.9. The molecule has 5 rings (SSSR count). The Labute approximate surface area is 194 Å². The van der Waals surface area contributed by atoms with E-state index in [0.717, 1.165) is 19.5 Å². The van der Waals surface area contributed by atoms with Gasteiger partial charge in [-0.3, -0.25) is 9.59 Å². The molecule has 2 heterocycles. The summed E-state index contributed by atoms with van der Waals surface area (Å²) in [4.78, 5) is 26.1. The van der Waals surface area contributed by atoms with E-state index in [1.807, 2.05) is 9.62 Å². The highest BCUT2D eigenvalue weighted by molar-refractivity contribution is 7.90. The van der Waals surface area contributed by atoms with Gasteiger partial charge in [0.05, 0.1) is 10.3 Å². The lowest BCUT2D eigenvalue weighted by Crippen LogP contribution is -2.36. The van der Waals surface area contributed by atoms with Crippen LogP contribution in [0, 0.1) is 5.82 Å². The number of hydrogen-bond donors (Lipinski definition) is 2. The van der Waals surface area contributed by atoms with Crippen LogP contribution < -0.4 is 14.9 Å². The predicted molar refractivity (Wildman–Crippen MR) is 126 cm³/mol. The molecule has 4 aromatic rings. The minimum absolute atomic E-state index is 0.0944. The summed E-state index contributed by atoms with van der Waals surface area (Å²) in [7, 11) is -4.32. The maximum Gasteiger partial charge on any atom is 0.300 e. The Morgan fingerprint density at radius 3 is 2.41 bits per heavy atom. The van der Waals surface area contributed by atoms with Crippen molar-refractivity contribution >= 4 is 55.0 Å². The van der Waals surface area contributed by atoms with Gasteiger partial charge < -0.3 is 14.6 Å². The van der Waals surface area contributed by atoms with E-state index in [9.17, 15) is 22.4 Å². The third-order valence-electron chi connectivity index (χ3n) is 5.73. The van der Waals surface area contributed by atoms with Gasteiger partial charge in [-0.1, -0.05) is 24.3 Å². The largest absolute Gasteiger partial charge is 0.451 e. The van der Waals surface area contributed by atoms with E-state index in [4.69, 9.17) is 4.42 Å². The molecule has 1 fully saturated rings. The molecule has 1 aliphatic rings. The predicted octanol–water partition coefficient (Wildman–Crippen LogP) is 4.01. The lowest BCUT2D eigenvalue weighted by Gasteiger charge is -2.33. The van der Waals surface area contributed by atoms with Crippen LogP contribution >= 0.6 is 0 Å². The van der Waals surface area contributed by atoms with Crippen LogP contribution in [0.5, 0.6) is 0 Å². The quantitative estimate of drug-likeness (QED) is 0.446. The van der Waals surface area contributed by atoms with Crippen LogP contribution in [-0.2, 0) is 14.8 Å². The van der Waals surface area contributed by atoms with Gasteiger partial charge in [0.1, 0.15) is 11.4 Å². The topological polar surface area (TPSA) is 109 Å². The molecule has 1 aromatic heterocycles. The van der Waals surface area contributed by atoms with Crippen LogP contribution in [0.1, 0.15) is 23.9 Å². The van der Waals surface area contributed by atoms with Gasteiger partial charge in [-0.15, -0.1) is 0 Å². The Morgan fingerprint density at radius 2 is 1.74 bits per heavy atom. The second-order valence-corrected chi connectivity index (χ2v) is 9.71. The number of sulfonamides is 1. The summed E-state index contributed by atoms with van der Waals surface area (Å²) in [5.74, 6) is -2.19. The molecule has 34 heavy (non-hydrogen) atoms. The first-order chi connectivity index (χ1) is 16.2. The zero-order valence-corrected chi connectivity index (χ0v) is 18.9. The summed E-state index contributed by atoms with van der Waals surface area (Å²) in [5, 5.41) is 3.57. The zero-order valence-electron chi connectivity index (χ0n) is 18.1. The van der Waals surface area contributed by atoms with Crippen molar-refractivity contribution in [3.63, 3.8) is 0 Å². The number of benzene rings is 3. The molecular weight excluding hydrogens is 461 g/mol. The number of nitrogens with zero attached hydrogens (tertiary/aromatic N) is 1. The van der Waals surface area contributed by atoms with Crippen molar-refractivity contribution in [1.82, 2.24) is 4.72 Å². The fourth-order valence-electron chi connectivity index (χ4n) is 3.98. The Kier molecular flexibility index (Phi) is 5.24. The van der Waals surface area contributed by atoms with Gasteiger partial charge in [0.25, 0.3) is 10.0 Å². The number of furan rings is 1. The highest BCUT2D eigenvalue weighted by atomic mass is 32.2. The molecule has 0 atom stereocenters. The molecule has 2 N–H and O–H groups in total. The molecule has 0 unspecified atom stereocenters. The molecule has 0 radical (unpaired) electrons. The molecule has 2 amide bonds. The van der Waals surface area contributed by atoms with E-state index in [2.05, 4.69) is 5.32 Å². The van der Waals surface area contributed by atoms with E-state index in [0.29, 0.717) is 22.1 Å². The van der Waals surface area contributed by atoms with Crippen LogP contribution in [-0.4, -0.2) is 33.3 Å². The number of hydrogen-bond acceptors (Lipinski definition) is 6. The number of fused-ring (bicyclic) bond motifs is 2. The van der Waals surface area contributed by atoms with Gasteiger partial charge in [-0.25, -0.2) is 17.5 Å². The lowest BCUT2D eigenvalue weighted by atomic mass is 10.1. The Morgan fingerprint density at radius 1 is 1.00 bits per heavy atom. The number of anilines is 2. The first-order valence-electron chi connectivity index (χ1n) is 10.6. The summed E-state index contributed by atoms with van der Waals surface area (Å²) in [6.07, 6.45) is 1.02. The highest BCUT2D eigenvalue weighted by Crippen LogP contribution is 2.32. The fraction of sp³-hybridized carbons (Fsp3) is 0.167. The van der Waals surface area contributed by atoms with E-state index < -0.39 is 21.7 Å². The van der Waals surface area contributed by atoms with Gasteiger partial charge in [0.15, 0.2) is 5.76 Å². The Bertz CT molecular complexity index is 1570. The third-order valence-corrected chi connectivity index (χ3v) is 7.12. The third kappa shape index (κ3) is 3.86. The molecule has 0 aliphatic carbocycles. The normalized spacial score (nSPS) is 13.6. The average Bonchev–Trinajstić information content (AvgIpc) is 3.17. The van der Waals surface area contributed by atoms with Gasteiger partial charge in [-0.05, 0) is 24.6 Å². The van der Waals surface area contributed by atoms with Crippen LogP contribution in [0.15, 0.2) is 63.9 Å². The Balaban J connectivity index is 1.48. The second-order valence-electron chi connectivity index (χ2n) is 8.06. The van der Waals surface area contributed by atoms with E-state index in [-0.39, 0.29) is 27.5 Å². The van der Waals surface area contributed by atoms with Crippen molar-refractivity contribution in [2.24, 2.45) is 0 Å². The summed E-state index contributed by atoms with van der Waals surface area (Å²) in [5.41, 5.74) is 1.25. The van der Waals surface area contributed by atoms with Crippen LogP contribution in [0.25, 0.3) is 21.7 Å². The lowest BCUT2D eigenvalue weighted by molar-refractivity contribution is -0.114. The maximum atomic E-state index is 14.6. The number of carbonyl (C=O) groups excluding carboxylic acids is 2. The molecule has 0 saturated carbocycles. The molecule has 0 bridgehead atoms.